The molecule has 0 bridgehead atoms. The van der Waals surface area contributed by atoms with E-state index in [1.807, 2.05) is 43.9 Å². The standard InChI is InChI=1S/C27H38N6O2S/c1-7-20(8-2)30-18(3)24-13-19(17-36-24)23-15-29-33-16-22(14-28-25(23)33)32-11-9-21(10-12-32)31-26(34)35-27(4,5)6/h13-17,20-21,30H,3,7-12H2,1-2,4-6H3,(H,31,34). The Balaban J connectivity index is 1.40. The lowest BCUT2D eigenvalue weighted by Gasteiger charge is -2.34. The lowest BCUT2D eigenvalue weighted by molar-refractivity contribution is 0.0497. The molecule has 3 aromatic heterocycles. The number of rotatable bonds is 8. The van der Waals surface area contributed by atoms with Crippen LogP contribution in [0.1, 0.15) is 65.2 Å². The minimum Gasteiger partial charge on any atom is -0.444 e. The molecular formula is C27H38N6O2S. The van der Waals surface area contributed by atoms with Crippen molar-refractivity contribution in [1.29, 1.82) is 0 Å². The molecule has 4 heterocycles. The number of carbonyl (C=O) groups excluding carboxylic acids is 1. The van der Waals surface area contributed by atoms with Gasteiger partial charge < -0.3 is 20.3 Å². The van der Waals surface area contributed by atoms with Crippen molar-refractivity contribution < 1.29 is 9.53 Å². The highest BCUT2D eigenvalue weighted by atomic mass is 32.1. The summed E-state index contributed by atoms with van der Waals surface area (Å²) in [5, 5.41) is 13.3. The van der Waals surface area contributed by atoms with Crippen LogP contribution in [0.3, 0.4) is 0 Å². The molecule has 0 unspecified atom stereocenters. The predicted octanol–water partition coefficient (Wildman–Crippen LogP) is 5.70. The minimum absolute atomic E-state index is 0.117. The van der Waals surface area contributed by atoms with Crippen molar-refractivity contribution >= 4 is 34.5 Å². The normalized spacial score (nSPS) is 14.9. The highest BCUT2D eigenvalue weighted by molar-refractivity contribution is 7.11. The van der Waals surface area contributed by atoms with Gasteiger partial charge in [0.1, 0.15) is 5.60 Å². The average Bonchev–Trinajstić information content (AvgIpc) is 3.48. The SMILES string of the molecule is C=C(NC(CC)CC)c1cc(-c2cnn3cc(N4CCC(NC(=O)OC(C)(C)C)CC4)cnc23)cs1. The molecule has 9 heteroatoms. The molecule has 1 saturated heterocycles. The first kappa shape index (κ1) is 26.0. The van der Waals surface area contributed by atoms with Crippen LogP contribution in [0.4, 0.5) is 10.5 Å². The van der Waals surface area contributed by atoms with Crippen LogP contribution in [0.5, 0.6) is 0 Å². The number of aromatic nitrogens is 3. The number of carbonyl (C=O) groups is 1. The molecular weight excluding hydrogens is 472 g/mol. The quantitative estimate of drug-likeness (QED) is 0.404. The molecule has 1 fully saturated rings. The van der Waals surface area contributed by atoms with Gasteiger partial charge in [-0.3, -0.25) is 0 Å². The lowest BCUT2D eigenvalue weighted by atomic mass is 10.1. The van der Waals surface area contributed by atoms with Gasteiger partial charge in [-0.15, -0.1) is 11.3 Å². The third kappa shape index (κ3) is 6.19. The summed E-state index contributed by atoms with van der Waals surface area (Å²) in [6, 6.07) is 2.72. The molecule has 4 rings (SSSR count). The summed E-state index contributed by atoms with van der Waals surface area (Å²) in [6.45, 7) is 15.9. The Bertz CT molecular complexity index is 1200. The second-order valence-corrected chi connectivity index (χ2v) is 11.3. The molecule has 8 nitrogen and oxygen atoms in total. The molecule has 0 atom stereocenters. The number of nitrogens with zero attached hydrogens (tertiary/aromatic N) is 4. The van der Waals surface area contributed by atoms with E-state index < -0.39 is 5.60 Å². The molecule has 1 aliphatic rings. The van der Waals surface area contributed by atoms with Gasteiger partial charge in [0.15, 0.2) is 5.65 Å². The first-order chi connectivity index (χ1) is 17.2. The Morgan fingerprint density at radius 1 is 1.25 bits per heavy atom. The van der Waals surface area contributed by atoms with Crippen LogP contribution in [-0.4, -0.2) is 51.5 Å². The van der Waals surface area contributed by atoms with Gasteiger partial charge in [0.05, 0.1) is 29.2 Å². The molecule has 0 spiro atoms. The number of piperidine rings is 1. The van der Waals surface area contributed by atoms with Gasteiger partial charge in [-0.2, -0.15) is 5.10 Å². The molecule has 0 saturated carbocycles. The van der Waals surface area contributed by atoms with E-state index in [4.69, 9.17) is 9.72 Å². The van der Waals surface area contributed by atoms with E-state index in [0.29, 0.717) is 6.04 Å². The van der Waals surface area contributed by atoms with E-state index in [2.05, 4.69) is 52.5 Å². The van der Waals surface area contributed by atoms with Crippen LogP contribution in [0.2, 0.25) is 0 Å². The Kier molecular flexibility index (Phi) is 7.88. The first-order valence-electron chi connectivity index (χ1n) is 12.8. The zero-order valence-corrected chi connectivity index (χ0v) is 22.8. The van der Waals surface area contributed by atoms with Crippen LogP contribution in [0.15, 0.2) is 36.6 Å². The van der Waals surface area contributed by atoms with Gasteiger partial charge in [-0.05, 0) is 63.5 Å². The summed E-state index contributed by atoms with van der Waals surface area (Å²) in [7, 11) is 0. The summed E-state index contributed by atoms with van der Waals surface area (Å²) in [6.07, 6.45) is 9.35. The molecule has 3 aromatic rings. The Labute approximate surface area is 217 Å². The number of alkyl carbamates (subject to hydrolysis) is 1. The van der Waals surface area contributed by atoms with Gasteiger partial charge in [-0.1, -0.05) is 20.4 Å². The lowest BCUT2D eigenvalue weighted by Crippen LogP contribution is -2.46. The fourth-order valence-electron chi connectivity index (χ4n) is 4.43. The summed E-state index contributed by atoms with van der Waals surface area (Å²) >= 11 is 1.69. The maximum Gasteiger partial charge on any atom is 0.407 e. The Morgan fingerprint density at radius 3 is 2.64 bits per heavy atom. The molecule has 1 aliphatic heterocycles. The predicted molar refractivity (Wildman–Crippen MR) is 147 cm³/mol. The Hall–Kier alpha value is -3.07. The average molecular weight is 511 g/mol. The van der Waals surface area contributed by atoms with Crippen molar-refractivity contribution in [2.45, 2.75) is 78.0 Å². The second-order valence-electron chi connectivity index (χ2n) is 10.4. The molecule has 2 N–H and O–H groups in total. The number of nitrogens with one attached hydrogen (secondary N) is 2. The highest BCUT2D eigenvalue weighted by Gasteiger charge is 2.24. The number of anilines is 1. The molecule has 1 amide bonds. The van der Waals surface area contributed by atoms with Crippen LogP contribution >= 0.6 is 11.3 Å². The van der Waals surface area contributed by atoms with Gasteiger partial charge >= 0.3 is 6.09 Å². The fraction of sp³-hybridized carbons (Fsp3) is 0.519. The third-order valence-electron chi connectivity index (χ3n) is 6.50. The van der Waals surface area contributed by atoms with Crippen LogP contribution in [0.25, 0.3) is 22.5 Å². The van der Waals surface area contributed by atoms with E-state index in [0.717, 1.165) is 71.8 Å². The minimum atomic E-state index is -0.489. The zero-order chi connectivity index (χ0) is 25.9. The van der Waals surface area contributed by atoms with E-state index in [-0.39, 0.29) is 12.1 Å². The molecule has 36 heavy (non-hydrogen) atoms. The van der Waals surface area contributed by atoms with E-state index in [1.165, 1.54) is 0 Å². The number of fused-ring (bicyclic) bond motifs is 1. The number of thiophene rings is 1. The molecule has 0 aromatic carbocycles. The second kappa shape index (κ2) is 10.9. The summed E-state index contributed by atoms with van der Waals surface area (Å²) < 4.78 is 7.24. The zero-order valence-electron chi connectivity index (χ0n) is 22.0. The van der Waals surface area contributed by atoms with Crippen molar-refractivity contribution in [2.24, 2.45) is 0 Å². The van der Waals surface area contributed by atoms with Crippen molar-refractivity contribution in [1.82, 2.24) is 25.2 Å². The maximum absolute atomic E-state index is 12.1. The van der Waals surface area contributed by atoms with Crippen LogP contribution in [0, 0.1) is 0 Å². The summed E-state index contributed by atoms with van der Waals surface area (Å²) in [4.78, 5) is 20.3. The van der Waals surface area contributed by atoms with E-state index >= 15 is 0 Å². The third-order valence-corrected chi connectivity index (χ3v) is 7.49. The van der Waals surface area contributed by atoms with Gasteiger partial charge in [0, 0.05) is 36.4 Å². The topological polar surface area (TPSA) is 83.8 Å². The van der Waals surface area contributed by atoms with Gasteiger partial charge in [0.2, 0.25) is 0 Å². The Morgan fingerprint density at radius 2 is 1.97 bits per heavy atom. The van der Waals surface area contributed by atoms with Crippen molar-refractivity contribution in [3.8, 4) is 11.1 Å². The number of ether oxygens (including phenoxy) is 1. The maximum atomic E-state index is 12.1. The smallest absolute Gasteiger partial charge is 0.407 e. The molecule has 0 aliphatic carbocycles. The van der Waals surface area contributed by atoms with E-state index in [1.54, 1.807) is 11.3 Å². The highest BCUT2D eigenvalue weighted by Crippen LogP contribution is 2.31. The number of amides is 1. The van der Waals surface area contributed by atoms with Gasteiger partial charge in [-0.25, -0.2) is 14.3 Å². The van der Waals surface area contributed by atoms with Crippen molar-refractivity contribution in [3.63, 3.8) is 0 Å². The van der Waals surface area contributed by atoms with Crippen molar-refractivity contribution in [3.05, 3.63) is 41.5 Å². The van der Waals surface area contributed by atoms with Crippen LogP contribution in [-0.2, 0) is 4.74 Å². The van der Waals surface area contributed by atoms with Crippen LogP contribution < -0.4 is 15.5 Å². The monoisotopic (exact) mass is 510 g/mol. The van der Waals surface area contributed by atoms with Crippen molar-refractivity contribution in [2.75, 3.05) is 18.0 Å². The fourth-order valence-corrected chi connectivity index (χ4v) is 5.28. The molecule has 0 radical (unpaired) electrons. The summed E-state index contributed by atoms with van der Waals surface area (Å²) in [5.74, 6) is 0. The summed E-state index contributed by atoms with van der Waals surface area (Å²) in [5.41, 5.74) is 4.46. The van der Waals surface area contributed by atoms with E-state index in [9.17, 15) is 4.79 Å². The number of hydrogen-bond donors (Lipinski definition) is 2. The molecule has 194 valence electrons. The first-order valence-corrected chi connectivity index (χ1v) is 13.7. The van der Waals surface area contributed by atoms with Gasteiger partial charge in [0.25, 0.3) is 0 Å². The largest absolute Gasteiger partial charge is 0.444 e. The number of hydrogen-bond acceptors (Lipinski definition) is 7.